The number of hydrogen-bond acceptors (Lipinski definition) is 2. The van der Waals surface area contributed by atoms with E-state index in [1.165, 1.54) is 12.8 Å². The molecule has 1 aliphatic carbocycles. The first kappa shape index (κ1) is 16.0. The highest BCUT2D eigenvalue weighted by molar-refractivity contribution is 14.1. The molecule has 0 aromatic heterocycles. The van der Waals surface area contributed by atoms with E-state index in [1.807, 2.05) is 6.07 Å². The number of hydrogen-bond donors (Lipinski definition) is 2. The Hall–Kier alpha value is -0.330. The molecule has 2 rings (SSSR count). The van der Waals surface area contributed by atoms with Crippen LogP contribution in [0.25, 0.3) is 0 Å². The molecule has 1 aromatic carbocycles. The second kappa shape index (κ2) is 7.61. The summed E-state index contributed by atoms with van der Waals surface area (Å²) in [5.41, 5.74) is 0.620. The lowest BCUT2D eigenvalue weighted by atomic mass is 9.79. The van der Waals surface area contributed by atoms with Crippen LogP contribution in [0, 0.1) is 15.4 Å². The molecular weight excluding hydrogens is 389 g/mol. The summed E-state index contributed by atoms with van der Waals surface area (Å²) < 4.78 is 0.895. The van der Waals surface area contributed by atoms with Crippen molar-refractivity contribution < 1.29 is 9.90 Å². The number of aliphatic hydroxyl groups is 1. The first-order valence-electron chi connectivity index (χ1n) is 6.96. The molecule has 0 aliphatic heterocycles. The minimum Gasteiger partial charge on any atom is -0.396 e. The molecule has 1 saturated carbocycles. The molecule has 20 heavy (non-hydrogen) atoms. The van der Waals surface area contributed by atoms with E-state index >= 15 is 0 Å². The summed E-state index contributed by atoms with van der Waals surface area (Å²) in [7, 11) is 0. The zero-order valence-corrected chi connectivity index (χ0v) is 14.2. The molecule has 1 fully saturated rings. The van der Waals surface area contributed by atoms with Gasteiger partial charge in [0.1, 0.15) is 0 Å². The zero-order valence-electron chi connectivity index (χ0n) is 11.2. The fourth-order valence-electron chi connectivity index (χ4n) is 2.78. The van der Waals surface area contributed by atoms with E-state index in [2.05, 4.69) is 27.9 Å². The number of carbonyl (C=O) groups excluding carboxylic acids is 1. The van der Waals surface area contributed by atoms with Gasteiger partial charge in [-0.25, -0.2) is 0 Å². The predicted octanol–water partition coefficient (Wildman–Crippen LogP) is 3.47. The topological polar surface area (TPSA) is 49.3 Å². The van der Waals surface area contributed by atoms with Gasteiger partial charge in [-0.1, -0.05) is 24.4 Å². The van der Waals surface area contributed by atoms with Gasteiger partial charge in [0.15, 0.2) is 0 Å². The molecule has 1 aliphatic rings. The molecule has 3 nitrogen and oxygen atoms in total. The predicted molar refractivity (Wildman–Crippen MR) is 89.0 cm³/mol. The lowest BCUT2D eigenvalue weighted by molar-refractivity contribution is 0.0908. The molecule has 5 heteroatoms. The standard InChI is InChI=1S/C15H19ClINO2/c16-12-5-6-14(17)13(7-12)15(20)18-8-10-3-1-2-4-11(10)9-19/h5-7,10-11,19H,1-4,8-9H2,(H,18,20). The van der Waals surface area contributed by atoms with E-state index in [9.17, 15) is 9.90 Å². The highest BCUT2D eigenvalue weighted by Crippen LogP contribution is 2.29. The minimum atomic E-state index is -0.0841. The smallest absolute Gasteiger partial charge is 0.252 e. The third kappa shape index (κ3) is 4.09. The number of amides is 1. The summed E-state index contributed by atoms with van der Waals surface area (Å²) in [4.78, 5) is 12.2. The molecule has 0 bridgehead atoms. The van der Waals surface area contributed by atoms with E-state index < -0.39 is 0 Å². The molecule has 1 amide bonds. The summed E-state index contributed by atoms with van der Waals surface area (Å²) in [5, 5.41) is 13.0. The third-order valence-corrected chi connectivity index (χ3v) is 5.17. The Morgan fingerprint density at radius 2 is 2.05 bits per heavy atom. The van der Waals surface area contributed by atoms with E-state index in [-0.39, 0.29) is 12.5 Å². The lowest BCUT2D eigenvalue weighted by Crippen LogP contribution is -2.35. The van der Waals surface area contributed by atoms with Crippen molar-refractivity contribution >= 4 is 40.1 Å². The summed E-state index contributed by atoms with van der Waals surface area (Å²) >= 11 is 8.08. The van der Waals surface area contributed by atoms with Crippen molar-refractivity contribution in [3.05, 3.63) is 32.4 Å². The molecule has 1 aromatic rings. The van der Waals surface area contributed by atoms with Crippen LogP contribution in [0.4, 0.5) is 0 Å². The fourth-order valence-corrected chi connectivity index (χ4v) is 3.54. The van der Waals surface area contributed by atoms with Crippen molar-refractivity contribution in [3.8, 4) is 0 Å². The first-order chi connectivity index (χ1) is 9.61. The molecule has 0 heterocycles. The first-order valence-corrected chi connectivity index (χ1v) is 8.41. The van der Waals surface area contributed by atoms with Gasteiger partial charge in [0, 0.05) is 21.7 Å². The maximum Gasteiger partial charge on any atom is 0.252 e. The summed E-state index contributed by atoms with van der Waals surface area (Å²) in [6, 6.07) is 5.32. The molecule has 2 unspecified atom stereocenters. The highest BCUT2D eigenvalue weighted by atomic mass is 127. The second-order valence-corrected chi connectivity index (χ2v) is 6.92. The number of halogens is 2. The normalized spacial score (nSPS) is 22.6. The molecule has 0 saturated heterocycles. The Labute approximate surface area is 138 Å². The number of benzene rings is 1. The van der Waals surface area contributed by atoms with Gasteiger partial charge in [0.05, 0.1) is 5.56 Å². The molecule has 0 radical (unpaired) electrons. The Morgan fingerprint density at radius 3 is 2.75 bits per heavy atom. The number of rotatable bonds is 4. The SMILES string of the molecule is O=C(NCC1CCCCC1CO)c1cc(Cl)ccc1I. The van der Waals surface area contributed by atoms with Crippen LogP contribution in [0.5, 0.6) is 0 Å². The number of aliphatic hydroxyl groups excluding tert-OH is 1. The van der Waals surface area contributed by atoms with Crippen molar-refractivity contribution in [2.45, 2.75) is 25.7 Å². The van der Waals surface area contributed by atoms with Gasteiger partial charge in [0.25, 0.3) is 5.91 Å². The van der Waals surface area contributed by atoms with Crippen LogP contribution in [-0.4, -0.2) is 24.2 Å². The summed E-state index contributed by atoms with van der Waals surface area (Å²) in [6.07, 6.45) is 4.51. The average Bonchev–Trinajstić information content (AvgIpc) is 2.47. The fraction of sp³-hybridized carbons (Fsp3) is 0.533. The second-order valence-electron chi connectivity index (χ2n) is 5.32. The number of nitrogens with one attached hydrogen (secondary N) is 1. The Balaban J connectivity index is 1.96. The average molecular weight is 408 g/mol. The van der Waals surface area contributed by atoms with E-state index in [4.69, 9.17) is 11.6 Å². The number of carbonyl (C=O) groups is 1. The van der Waals surface area contributed by atoms with Gasteiger partial charge in [-0.05, 0) is 65.5 Å². The van der Waals surface area contributed by atoms with Gasteiger partial charge in [-0.3, -0.25) is 4.79 Å². The van der Waals surface area contributed by atoms with E-state index in [0.29, 0.717) is 29.0 Å². The van der Waals surface area contributed by atoms with Gasteiger partial charge < -0.3 is 10.4 Å². The van der Waals surface area contributed by atoms with Crippen LogP contribution in [-0.2, 0) is 0 Å². The van der Waals surface area contributed by atoms with Crippen LogP contribution in [0.1, 0.15) is 36.0 Å². The van der Waals surface area contributed by atoms with Gasteiger partial charge in [0.2, 0.25) is 0 Å². The van der Waals surface area contributed by atoms with E-state index in [0.717, 1.165) is 16.4 Å². The van der Waals surface area contributed by atoms with Crippen molar-refractivity contribution in [1.29, 1.82) is 0 Å². The van der Waals surface area contributed by atoms with Crippen molar-refractivity contribution in [2.75, 3.05) is 13.2 Å². The van der Waals surface area contributed by atoms with Crippen molar-refractivity contribution in [2.24, 2.45) is 11.8 Å². The Bertz CT molecular complexity index is 481. The minimum absolute atomic E-state index is 0.0841. The largest absolute Gasteiger partial charge is 0.396 e. The molecular formula is C15H19ClINO2. The van der Waals surface area contributed by atoms with Gasteiger partial charge in [-0.2, -0.15) is 0 Å². The zero-order chi connectivity index (χ0) is 14.5. The van der Waals surface area contributed by atoms with Gasteiger partial charge in [-0.15, -0.1) is 0 Å². The molecule has 2 atom stereocenters. The van der Waals surface area contributed by atoms with Crippen LogP contribution < -0.4 is 5.32 Å². The Morgan fingerprint density at radius 1 is 1.35 bits per heavy atom. The molecule has 2 N–H and O–H groups in total. The maximum absolute atomic E-state index is 12.2. The quantitative estimate of drug-likeness (QED) is 0.751. The van der Waals surface area contributed by atoms with Crippen LogP contribution in [0.3, 0.4) is 0 Å². The van der Waals surface area contributed by atoms with Crippen LogP contribution >= 0.6 is 34.2 Å². The monoisotopic (exact) mass is 407 g/mol. The third-order valence-electron chi connectivity index (χ3n) is 4.00. The van der Waals surface area contributed by atoms with Crippen LogP contribution in [0.2, 0.25) is 5.02 Å². The lowest BCUT2D eigenvalue weighted by Gasteiger charge is -2.30. The van der Waals surface area contributed by atoms with Crippen LogP contribution in [0.15, 0.2) is 18.2 Å². The van der Waals surface area contributed by atoms with Crippen molar-refractivity contribution in [3.63, 3.8) is 0 Å². The maximum atomic E-state index is 12.2. The van der Waals surface area contributed by atoms with Crippen molar-refractivity contribution in [1.82, 2.24) is 5.32 Å². The molecule has 0 spiro atoms. The molecule has 110 valence electrons. The Kier molecular flexibility index (Phi) is 6.11. The van der Waals surface area contributed by atoms with E-state index in [1.54, 1.807) is 12.1 Å². The summed E-state index contributed by atoms with van der Waals surface area (Å²) in [6.45, 7) is 0.849. The highest BCUT2D eigenvalue weighted by Gasteiger charge is 2.25. The summed E-state index contributed by atoms with van der Waals surface area (Å²) in [5.74, 6) is 0.621. The van der Waals surface area contributed by atoms with Gasteiger partial charge >= 0.3 is 0 Å².